The summed E-state index contributed by atoms with van der Waals surface area (Å²) in [5.74, 6) is 1.12. The number of fused-ring (bicyclic) bond motifs is 2. The number of nitrogens with zero attached hydrogens (tertiary/aromatic N) is 3. The van der Waals surface area contributed by atoms with Gasteiger partial charge in [0, 0.05) is 34.5 Å². The number of aromatic amines is 1. The maximum Gasteiger partial charge on any atom is 0.188 e. The van der Waals surface area contributed by atoms with E-state index in [4.69, 9.17) is 26.1 Å². The molecule has 0 radical (unpaired) electrons. The van der Waals surface area contributed by atoms with Gasteiger partial charge in [0.1, 0.15) is 22.8 Å². The Kier molecular flexibility index (Phi) is 10.7. The van der Waals surface area contributed by atoms with E-state index in [1.807, 2.05) is 37.4 Å². The number of benzene rings is 2. The van der Waals surface area contributed by atoms with Gasteiger partial charge in [0.25, 0.3) is 0 Å². The van der Waals surface area contributed by atoms with Crippen LogP contribution >= 0.6 is 36.4 Å². The fraction of sp³-hybridized carbons (Fsp3) is 0.355. The maximum absolute atomic E-state index is 13.9. The van der Waals surface area contributed by atoms with E-state index in [0.717, 1.165) is 24.1 Å². The van der Waals surface area contributed by atoms with Gasteiger partial charge in [-0.15, -0.1) is 24.8 Å². The number of nitrogens with one attached hydrogen (secondary N) is 1. The Balaban J connectivity index is 0.00000242. The molecular weight excluding hydrogens is 599 g/mol. The average molecular weight is 634 g/mol. The smallest absolute Gasteiger partial charge is 0.188 e. The number of methoxy groups -OCH3 is 2. The van der Waals surface area contributed by atoms with E-state index in [1.54, 1.807) is 46.4 Å². The van der Waals surface area contributed by atoms with Crippen LogP contribution in [0.3, 0.4) is 0 Å². The molecule has 0 bridgehead atoms. The number of halogens is 3. The number of likely N-dealkylation sites (N-methyl/N-ethyl adjacent to an activating group) is 1. The summed E-state index contributed by atoms with van der Waals surface area (Å²) >= 11 is 6.06. The number of imidazole rings is 1. The molecule has 1 N–H and O–H groups in total. The fourth-order valence-electron chi connectivity index (χ4n) is 5.23. The van der Waals surface area contributed by atoms with Crippen LogP contribution in [0, 0.1) is 5.92 Å². The van der Waals surface area contributed by atoms with Crippen molar-refractivity contribution in [1.82, 2.24) is 14.9 Å². The number of H-pyrrole nitrogens is 1. The first kappa shape index (κ1) is 33.3. The number of ether oxygens (including phenoxy) is 2. The normalized spacial score (nSPS) is 16.9. The Morgan fingerprint density at radius 3 is 2.36 bits per heavy atom. The Morgan fingerprint density at radius 1 is 1.00 bits per heavy atom. The second-order valence-electron chi connectivity index (χ2n) is 10.7. The van der Waals surface area contributed by atoms with Gasteiger partial charge in [-0.1, -0.05) is 17.7 Å². The molecule has 11 heteroatoms. The molecule has 1 atom stereocenters. The van der Waals surface area contributed by atoms with E-state index in [9.17, 15) is 9.59 Å². The summed E-state index contributed by atoms with van der Waals surface area (Å²) in [7, 11) is 5.27. The minimum atomic E-state index is -0.927. The third-order valence-electron chi connectivity index (χ3n) is 7.62. The quantitative estimate of drug-likeness (QED) is 0.304. The Labute approximate surface area is 263 Å². The van der Waals surface area contributed by atoms with E-state index < -0.39 is 11.5 Å². The van der Waals surface area contributed by atoms with E-state index in [2.05, 4.69) is 14.9 Å². The summed E-state index contributed by atoms with van der Waals surface area (Å²) in [6, 6.07) is 13.2. The summed E-state index contributed by atoms with van der Waals surface area (Å²) in [6.07, 6.45) is 3.02. The van der Waals surface area contributed by atoms with Gasteiger partial charge in [0.2, 0.25) is 0 Å². The zero-order valence-electron chi connectivity index (χ0n) is 24.2. The molecule has 2 heterocycles. The van der Waals surface area contributed by atoms with Gasteiger partial charge in [0.05, 0.1) is 20.1 Å². The monoisotopic (exact) mass is 632 g/mol. The van der Waals surface area contributed by atoms with Gasteiger partial charge >= 0.3 is 0 Å². The highest BCUT2D eigenvalue weighted by Crippen LogP contribution is 2.41. The van der Waals surface area contributed by atoms with Crippen molar-refractivity contribution in [2.75, 3.05) is 34.4 Å². The molecule has 2 aliphatic rings. The van der Waals surface area contributed by atoms with Gasteiger partial charge in [-0.2, -0.15) is 0 Å². The third kappa shape index (κ3) is 6.42. The molecule has 1 aliphatic carbocycles. The highest BCUT2D eigenvalue weighted by Gasteiger charge is 2.45. The number of aliphatic imine (C=N–C) groups is 1. The fourth-order valence-corrected chi connectivity index (χ4v) is 5.36. The van der Waals surface area contributed by atoms with Gasteiger partial charge < -0.3 is 19.4 Å². The van der Waals surface area contributed by atoms with Crippen LogP contribution in [0.15, 0.2) is 53.0 Å². The number of Topliss-reactive ketones (excluding diaryl/α,β-unsaturated/α-hetero) is 2. The van der Waals surface area contributed by atoms with Crippen LogP contribution in [0.1, 0.15) is 42.0 Å². The minimum absolute atomic E-state index is 0. The van der Waals surface area contributed by atoms with Crippen molar-refractivity contribution in [3.05, 3.63) is 70.0 Å². The molecule has 5 rings (SSSR count). The predicted molar refractivity (Wildman–Crippen MR) is 171 cm³/mol. The molecule has 224 valence electrons. The van der Waals surface area contributed by atoms with Gasteiger partial charge in [-0.25, -0.2) is 4.98 Å². The maximum atomic E-state index is 13.9. The van der Waals surface area contributed by atoms with Crippen LogP contribution in [0.5, 0.6) is 11.5 Å². The molecule has 42 heavy (non-hydrogen) atoms. The number of hydrogen-bond acceptors (Lipinski definition) is 7. The molecule has 0 saturated heterocycles. The summed E-state index contributed by atoms with van der Waals surface area (Å²) < 4.78 is 10.8. The number of rotatable bonds is 9. The van der Waals surface area contributed by atoms with Crippen molar-refractivity contribution in [3.8, 4) is 22.9 Å². The standard InChI is InChI=1S/C31H33ClN4O4.2ClH/c1-31(2)29(38)25-21(13-15-36(3)14-12-18-6-11-23(39-4)24(16-18)40-5)28(37)27-26(22(25)17-33-31)34-30(35-27)19-7-9-20(32)10-8-19;;/h6-11,16-17,21H,12-15H2,1-5H3,(H,34,35);2*1H. The van der Waals surface area contributed by atoms with Gasteiger partial charge in [0.15, 0.2) is 23.1 Å². The largest absolute Gasteiger partial charge is 0.493 e. The minimum Gasteiger partial charge on any atom is -0.493 e. The van der Waals surface area contributed by atoms with E-state index in [0.29, 0.717) is 57.8 Å². The van der Waals surface area contributed by atoms with Crippen LogP contribution in [0.25, 0.3) is 17.0 Å². The average Bonchev–Trinajstić information content (AvgIpc) is 3.40. The lowest BCUT2D eigenvalue weighted by molar-refractivity contribution is -0.119. The van der Waals surface area contributed by atoms with Crippen molar-refractivity contribution >= 4 is 59.8 Å². The lowest BCUT2D eigenvalue weighted by atomic mass is 9.73. The number of allylic oxidation sites excluding steroid dienone is 1. The molecule has 0 saturated carbocycles. The molecule has 0 fully saturated rings. The van der Waals surface area contributed by atoms with Crippen LogP contribution in [0.4, 0.5) is 0 Å². The van der Waals surface area contributed by atoms with Gasteiger partial charge in [-0.3, -0.25) is 14.6 Å². The highest BCUT2D eigenvalue weighted by atomic mass is 35.5. The van der Waals surface area contributed by atoms with Crippen molar-refractivity contribution in [3.63, 3.8) is 0 Å². The van der Waals surface area contributed by atoms with Crippen LogP contribution in [0.2, 0.25) is 5.02 Å². The molecule has 2 aromatic carbocycles. The summed E-state index contributed by atoms with van der Waals surface area (Å²) in [6.45, 7) is 4.98. The Bertz CT molecular complexity index is 1530. The molecular formula is C31H35Cl3N4O4. The lowest BCUT2D eigenvalue weighted by Crippen LogP contribution is -2.41. The number of ketones is 2. The summed E-state index contributed by atoms with van der Waals surface area (Å²) in [4.78, 5) is 42.2. The number of dihydropyridines is 1. The molecule has 1 unspecified atom stereocenters. The van der Waals surface area contributed by atoms with Crippen LogP contribution in [-0.2, 0) is 11.2 Å². The Hall–Kier alpha value is -3.17. The summed E-state index contributed by atoms with van der Waals surface area (Å²) in [5, 5.41) is 0.615. The molecule has 1 aliphatic heterocycles. The second-order valence-corrected chi connectivity index (χ2v) is 11.2. The number of aromatic nitrogens is 2. The van der Waals surface area contributed by atoms with Crippen molar-refractivity contribution < 1.29 is 19.1 Å². The first-order chi connectivity index (χ1) is 19.1. The van der Waals surface area contributed by atoms with Crippen molar-refractivity contribution in [2.45, 2.75) is 32.2 Å². The molecule has 3 aromatic rings. The molecule has 0 amide bonds. The topological polar surface area (TPSA) is 96.9 Å². The predicted octanol–water partition coefficient (Wildman–Crippen LogP) is 6.15. The lowest BCUT2D eigenvalue weighted by Gasteiger charge is -2.33. The number of carbonyl (C=O) groups excluding carboxylic acids is 2. The van der Waals surface area contributed by atoms with E-state index in [-0.39, 0.29) is 36.4 Å². The van der Waals surface area contributed by atoms with Gasteiger partial charge in [-0.05, 0) is 82.2 Å². The van der Waals surface area contributed by atoms with Crippen LogP contribution < -0.4 is 9.47 Å². The zero-order chi connectivity index (χ0) is 28.6. The molecule has 8 nitrogen and oxygen atoms in total. The summed E-state index contributed by atoms with van der Waals surface area (Å²) in [5.41, 5.74) is 3.05. The zero-order valence-corrected chi connectivity index (χ0v) is 26.6. The Morgan fingerprint density at radius 2 is 1.69 bits per heavy atom. The first-order valence-corrected chi connectivity index (χ1v) is 13.6. The number of carbonyl (C=O) groups is 2. The molecule has 0 spiro atoms. The van der Waals surface area contributed by atoms with Crippen molar-refractivity contribution in [1.29, 1.82) is 0 Å². The SMILES string of the molecule is COc1ccc(CCN(C)CCC2C(=O)c3[nH]c(-c4ccc(Cl)cc4)nc3C3=C2C(=O)C(C)(C)N=C3)cc1OC.Cl.Cl. The third-order valence-corrected chi connectivity index (χ3v) is 7.88. The first-order valence-electron chi connectivity index (χ1n) is 13.3. The number of hydrogen-bond donors (Lipinski definition) is 1. The molecule has 1 aromatic heterocycles. The van der Waals surface area contributed by atoms with E-state index in [1.165, 1.54) is 0 Å². The van der Waals surface area contributed by atoms with Crippen LogP contribution in [-0.4, -0.2) is 72.5 Å². The highest BCUT2D eigenvalue weighted by molar-refractivity contribution is 6.31. The second kappa shape index (κ2) is 13.4. The van der Waals surface area contributed by atoms with Crippen molar-refractivity contribution in [2.24, 2.45) is 10.9 Å². The van der Waals surface area contributed by atoms with E-state index >= 15 is 0 Å².